The van der Waals surface area contributed by atoms with Crippen molar-refractivity contribution in [1.29, 1.82) is 0 Å². The maximum Gasteiger partial charge on any atom is 0.312 e. The predicted molar refractivity (Wildman–Crippen MR) is 62.7 cm³/mol. The summed E-state index contributed by atoms with van der Waals surface area (Å²) in [7, 11) is 0. The quantitative estimate of drug-likeness (QED) is 0.774. The molecule has 1 unspecified atom stereocenters. The van der Waals surface area contributed by atoms with Gasteiger partial charge in [0, 0.05) is 6.20 Å². The van der Waals surface area contributed by atoms with Gasteiger partial charge in [-0.3, -0.25) is 10.2 Å². The van der Waals surface area contributed by atoms with Crippen molar-refractivity contribution < 1.29 is 9.90 Å². The zero-order valence-corrected chi connectivity index (χ0v) is 9.33. The van der Waals surface area contributed by atoms with Crippen LogP contribution in [0.25, 0.3) is 0 Å². The van der Waals surface area contributed by atoms with Gasteiger partial charge in [-0.2, -0.15) is 10.2 Å². The maximum atomic E-state index is 11.0. The first-order valence-corrected chi connectivity index (χ1v) is 5.60. The van der Waals surface area contributed by atoms with Crippen molar-refractivity contribution in [2.24, 2.45) is 11.0 Å². The molecular formula is C11H14N4O2. The van der Waals surface area contributed by atoms with E-state index in [0.717, 1.165) is 19.3 Å². The van der Waals surface area contributed by atoms with Crippen LogP contribution in [0.15, 0.2) is 23.4 Å². The summed E-state index contributed by atoms with van der Waals surface area (Å²) in [6.45, 7) is 0. The second-order valence-corrected chi connectivity index (χ2v) is 3.96. The van der Waals surface area contributed by atoms with Crippen molar-refractivity contribution in [3.8, 4) is 0 Å². The van der Waals surface area contributed by atoms with Crippen LogP contribution in [-0.4, -0.2) is 27.0 Å². The van der Waals surface area contributed by atoms with Crippen LogP contribution in [0, 0.1) is 5.92 Å². The van der Waals surface area contributed by atoms with Crippen molar-refractivity contribution >= 4 is 17.5 Å². The molecule has 2 N–H and O–H groups in total. The predicted octanol–water partition coefficient (Wildman–Crippen LogP) is 1.52. The molecule has 0 saturated heterocycles. The summed E-state index contributed by atoms with van der Waals surface area (Å²) in [4.78, 5) is 11.0. The minimum atomic E-state index is -0.801. The summed E-state index contributed by atoms with van der Waals surface area (Å²) >= 11 is 0. The summed E-state index contributed by atoms with van der Waals surface area (Å²) in [5.74, 6) is -0.743. The fraction of sp³-hybridized carbons (Fsp3) is 0.455. The number of aliphatic carboxylic acids is 1. The zero-order chi connectivity index (χ0) is 12.1. The summed E-state index contributed by atoms with van der Waals surface area (Å²) in [5.41, 5.74) is 3.44. The van der Waals surface area contributed by atoms with Gasteiger partial charge >= 0.3 is 5.97 Å². The second kappa shape index (κ2) is 5.38. The van der Waals surface area contributed by atoms with E-state index in [1.54, 1.807) is 18.3 Å². The number of carboxylic acids is 1. The van der Waals surface area contributed by atoms with Gasteiger partial charge in [0.2, 0.25) is 0 Å². The number of anilines is 1. The number of nitrogens with zero attached hydrogens (tertiary/aromatic N) is 3. The smallest absolute Gasteiger partial charge is 0.312 e. The number of hydrazone groups is 1. The van der Waals surface area contributed by atoms with Crippen LogP contribution < -0.4 is 5.43 Å². The highest BCUT2D eigenvalue weighted by atomic mass is 16.4. The average molecular weight is 234 g/mol. The van der Waals surface area contributed by atoms with Gasteiger partial charge in [-0.25, -0.2) is 0 Å². The molecule has 2 rings (SSSR count). The molecule has 1 fully saturated rings. The van der Waals surface area contributed by atoms with Crippen molar-refractivity contribution in [3.05, 3.63) is 18.3 Å². The van der Waals surface area contributed by atoms with E-state index in [2.05, 4.69) is 20.7 Å². The Morgan fingerprint density at radius 1 is 1.53 bits per heavy atom. The monoisotopic (exact) mass is 234 g/mol. The fourth-order valence-electron chi connectivity index (χ4n) is 1.89. The SMILES string of the molecule is O=C(O)C1CCCC/C1=N\Nc1cccnn1. The molecule has 0 radical (unpaired) electrons. The van der Waals surface area contributed by atoms with Gasteiger partial charge in [0.05, 0.1) is 11.6 Å². The highest BCUT2D eigenvalue weighted by Crippen LogP contribution is 2.22. The maximum absolute atomic E-state index is 11.0. The van der Waals surface area contributed by atoms with E-state index in [1.807, 2.05) is 0 Å². The highest BCUT2D eigenvalue weighted by Gasteiger charge is 2.26. The van der Waals surface area contributed by atoms with Crippen LogP contribution in [0.1, 0.15) is 25.7 Å². The van der Waals surface area contributed by atoms with Crippen molar-refractivity contribution in [2.45, 2.75) is 25.7 Å². The van der Waals surface area contributed by atoms with E-state index in [9.17, 15) is 4.79 Å². The third kappa shape index (κ3) is 2.99. The number of rotatable bonds is 3. The van der Waals surface area contributed by atoms with E-state index >= 15 is 0 Å². The van der Waals surface area contributed by atoms with E-state index in [4.69, 9.17) is 5.11 Å². The van der Waals surface area contributed by atoms with Crippen molar-refractivity contribution in [1.82, 2.24) is 10.2 Å². The average Bonchev–Trinajstić information content (AvgIpc) is 2.38. The molecule has 0 amide bonds. The normalized spacial score (nSPS) is 22.4. The molecule has 17 heavy (non-hydrogen) atoms. The van der Waals surface area contributed by atoms with Gasteiger partial charge in [-0.1, -0.05) is 6.42 Å². The Kier molecular flexibility index (Phi) is 3.64. The first-order valence-electron chi connectivity index (χ1n) is 5.60. The number of hydrogen-bond acceptors (Lipinski definition) is 5. The molecule has 1 aromatic heterocycles. The van der Waals surface area contributed by atoms with Crippen LogP contribution in [0.2, 0.25) is 0 Å². The zero-order valence-electron chi connectivity index (χ0n) is 9.33. The number of hydrogen-bond donors (Lipinski definition) is 2. The van der Waals surface area contributed by atoms with Crippen LogP contribution >= 0.6 is 0 Å². The molecule has 0 bridgehead atoms. The van der Waals surface area contributed by atoms with Gasteiger partial charge < -0.3 is 5.11 Å². The molecule has 1 saturated carbocycles. The molecule has 0 aliphatic heterocycles. The highest BCUT2D eigenvalue weighted by molar-refractivity contribution is 6.02. The Labute approximate surface area is 98.8 Å². The van der Waals surface area contributed by atoms with Crippen molar-refractivity contribution in [2.75, 3.05) is 5.43 Å². The Balaban J connectivity index is 2.06. The molecule has 0 spiro atoms. The van der Waals surface area contributed by atoms with E-state index in [1.165, 1.54) is 0 Å². The number of carboxylic acid groups (broad SMARTS) is 1. The number of carbonyl (C=O) groups is 1. The topological polar surface area (TPSA) is 87.5 Å². The lowest BCUT2D eigenvalue weighted by atomic mass is 9.87. The van der Waals surface area contributed by atoms with E-state index in [0.29, 0.717) is 18.0 Å². The summed E-state index contributed by atoms with van der Waals surface area (Å²) < 4.78 is 0. The standard InChI is InChI=1S/C11H14N4O2/c16-11(17)8-4-1-2-5-9(8)13-15-10-6-3-7-12-14-10/h3,6-8H,1-2,4-5H2,(H,14,15)(H,16,17)/b13-9+. The summed E-state index contributed by atoms with van der Waals surface area (Å²) in [6.07, 6.45) is 4.89. The molecule has 1 aromatic rings. The minimum absolute atomic E-state index is 0.465. The second-order valence-electron chi connectivity index (χ2n) is 3.96. The van der Waals surface area contributed by atoms with Crippen LogP contribution in [0.4, 0.5) is 5.82 Å². The van der Waals surface area contributed by atoms with Gasteiger partial charge in [0.1, 0.15) is 0 Å². The lowest BCUT2D eigenvalue weighted by Crippen LogP contribution is -2.27. The molecule has 6 heteroatoms. The number of nitrogens with one attached hydrogen (secondary N) is 1. The minimum Gasteiger partial charge on any atom is -0.481 e. The summed E-state index contributed by atoms with van der Waals surface area (Å²) in [5, 5.41) is 20.7. The lowest BCUT2D eigenvalue weighted by molar-refractivity contribution is -0.139. The van der Waals surface area contributed by atoms with Crippen molar-refractivity contribution in [3.63, 3.8) is 0 Å². The molecule has 1 heterocycles. The third-order valence-corrected chi connectivity index (χ3v) is 2.76. The van der Waals surface area contributed by atoms with Crippen LogP contribution in [0.5, 0.6) is 0 Å². The molecule has 0 aromatic carbocycles. The van der Waals surface area contributed by atoms with Gasteiger partial charge in [-0.15, -0.1) is 5.10 Å². The van der Waals surface area contributed by atoms with Crippen LogP contribution in [0.3, 0.4) is 0 Å². The molecule has 1 atom stereocenters. The largest absolute Gasteiger partial charge is 0.481 e. The number of aromatic nitrogens is 2. The van der Waals surface area contributed by atoms with Gasteiger partial charge in [-0.05, 0) is 31.4 Å². The van der Waals surface area contributed by atoms with Gasteiger partial charge in [0.25, 0.3) is 0 Å². The molecule has 6 nitrogen and oxygen atoms in total. The van der Waals surface area contributed by atoms with E-state index < -0.39 is 11.9 Å². The Morgan fingerprint density at radius 3 is 3.12 bits per heavy atom. The first kappa shape index (κ1) is 11.5. The lowest BCUT2D eigenvalue weighted by Gasteiger charge is -2.20. The molecular weight excluding hydrogens is 220 g/mol. The Hall–Kier alpha value is -1.98. The third-order valence-electron chi connectivity index (χ3n) is 2.76. The molecule has 1 aliphatic rings. The van der Waals surface area contributed by atoms with Gasteiger partial charge in [0.15, 0.2) is 5.82 Å². The molecule has 90 valence electrons. The first-order chi connectivity index (χ1) is 8.27. The fourth-order valence-corrected chi connectivity index (χ4v) is 1.89. The van der Waals surface area contributed by atoms with E-state index in [-0.39, 0.29) is 0 Å². The summed E-state index contributed by atoms with van der Waals surface area (Å²) in [6, 6.07) is 3.47. The Morgan fingerprint density at radius 2 is 2.41 bits per heavy atom. The Bertz CT molecular complexity index is 419. The molecule has 1 aliphatic carbocycles. The van der Waals surface area contributed by atoms with Crippen LogP contribution in [-0.2, 0) is 4.79 Å².